The molecule has 0 spiro atoms. The predicted molar refractivity (Wildman–Crippen MR) is 69.0 cm³/mol. The Hall–Kier alpha value is -1.39. The van der Waals surface area contributed by atoms with Gasteiger partial charge in [0.1, 0.15) is 11.6 Å². The smallest absolute Gasteiger partial charge is 0.408 e. The summed E-state index contributed by atoms with van der Waals surface area (Å²) in [6, 6.07) is -1.34. The summed E-state index contributed by atoms with van der Waals surface area (Å²) < 4.78 is 26.6. The zero-order chi connectivity index (χ0) is 15.6. The molecule has 0 radical (unpaired) electrons. The van der Waals surface area contributed by atoms with Crippen molar-refractivity contribution in [3.63, 3.8) is 0 Å². The highest BCUT2D eigenvalue weighted by atomic mass is 32.2. The number of amides is 2. The number of hydrogen-bond donors (Lipinski definition) is 3. The maximum absolute atomic E-state index is 11.5. The summed E-state index contributed by atoms with van der Waals surface area (Å²) in [4.78, 5) is 29.4. The van der Waals surface area contributed by atoms with Crippen LogP contribution in [-0.4, -0.2) is 51.0 Å². The monoisotopic (exact) mass is 309 g/mol. The van der Waals surface area contributed by atoms with Crippen LogP contribution >= 0.6 is 0 Å². The fraction of sp³-hybridized carbons (Fsp3) is 0.800. The summed E-state index contributed by atoms with van der Waals surface area (Å²) in [5, 5.41) is 4.87. The van der Waals surface area contributed by atoms with E-state index in [9.17, 15) is 18.0 Å². The van der Waals surface area contributed by atoms with Crippen molar-refractivity contribution in [2.75, 3.05) is 12.9 Å². The van der Waals surface area contributed by atoms with E-state index in [2.05, 4.69) is 10.6 Å². The summed E-state index contributed by atoms with van der Waals surface area (Å²) in [6.07, 6.45) is 0.210. The Morgan fingerprint density at radius 1 is 1.40 bits per heavy atom. The number of nitrogens with one attached hydrogen (secondary N) is 3. The van der Waals surface area contributed by atoms with Crippen molar-refractivity contribution in [1.82, 2.24) is 15.5 Å². The first-order valence-electron chi connectivity index (χ1n) is 5.86. The summed E-state index contributed by atoms with van der Waals surface area (Å²) in [7, 11) is -3.48. The highest BCUT2D eigenvalue weighted by Crippen LogP contribution is 2.10. The van der Waals surface area contributed by atoms with Crippen LogP contribution in [0, 0.1) is 0 Å². The van der Waals surface area contributed by atoms with E-state index in [1.54, 1.807) is 20.8 Å². The Kier molecular flexibility index (Phi) is 4.95. The van der Waals surface area contributed by atoms with Crippen molar-refractivity contribution in [2.24, 2.45) is 0 Å². The van der Waals surface area contributed by atoms with Crippen molar-refractivity contribution in [3.05, 3.63) is 0 Å². The Bertz CT molecular complexity index is 484. The molecule has 2 atom stereocenters. The van der Waals surface area contributed by atoms with E-state index in [-0.39, 0.29) is 12.5 Å². The Morgan fingerprint density at radius 3 is 2.45 bits per heavy atom. The van der Waals surface area contributed by atoms with Gasteiger partial charge in [0.2, 0.25) is 15.9 Å². The van der Waals surface area contributed by atoms with Crippen molar-refractivity contribution in [1.29, 1.82) is 0 Å². The largest absolute Gasteiger partial charge is 0.444 e. The summed E-state index contributed by atoms with van der Waals surface area (Å²) in [6.45, 7) is 4.98. The van der Waals surface area contributed by atoms with E-state index < -0.39 is 33.8 Å². The molecule has 3 N–H and O–H groups in total. The van der Waals surface area contributed by atoms with E-state index in [4.69, 9.17) is 9.57 Å². The molecule has 1 fully saturated rings. The second-order valence-electron chi connectivity index (χ2n) is 5.41. The molecule has 2 amide bonds. The molecule has 9 nitrogen and oxygen atoms in total. The van der Waals surface area contributed by atoms with Gasteiger partial charge in [0.25, 0.3) is 0 Å². The van der Waals surface area contributed by atoms with Crippen LogP contribution in [0.15, 0.2) is 0 Å². The van der Waals surface area contributed by atoms with Crippen molar-refractivity contribution in [3.8, 4) is 0 Å². The van der Waals surface area contributed by atoms with Gasteiger partial charge in [-0.3, -0.25) is 9.63 Å². The third-order valence-corrected chi connectivity index (χ3v) is 2.58. The fourth-order valence-electron chi connectivity index (χ4n) is 1.41. The molecule has 1 aliphatic rings. The molecule has 0 aromatic carbocycles. The molecular weight excluding hydrogens is 290 g/mol. The second kappa shape index (κ2) is 5.94. The molecule has 0 saturated carbocycles. The lowest BCUT2D eigenvalue weighted by molar-refractivity contribution is -0.134. The van der Waals surface area contributed by atoms with Crippen LogP contribution in [0.2, 0.25) is 0 Å². The maximum atomic E-state index is 11.5. The zero-order valence-corrected chi connectivity index (χ0v) is 12.5. The van der Waals surface area contributed by atoms with Crippen molar-refractivity contribution >= 4 is 22.0 Å². The van der Waals surface area contributed by atoms with Crippen LogP contribution in [-0.2, 0) is 24.4 Å². The minimum absolute atomic E-state index is 0.112. The number of rotatable bonds is 5. The van der Waals surface area contributed by atoms with E-state index in [0.717, 1.165) is 6.26 Å². The lowest BCUT2D eigenvalue weighted by Gasteiger charge is -2.36. The van der Waals surface area contributed by atoms with Crippen molar-refractivity contribution < 1.29 is 27.6 Å². The summed E-state index contributed by atoms with van der Waals surface area (Å²) in [5.41, 5.74) is -0.672. The molecular formula is C10H19N3O6S. The molecule has 116 valence electrons. The molecule has 0 bridgehead atoms. The lowest BCUT2D eigenvalue weighted by atomic mass is 10.0. The fourth-order valence-corrected chi connectivity index (χ4v) is 1.69. The highest BCUT2D eigenvalue weighted by Gasteiger charge is 2.41. The SMILES string of the molecule is CC(C)(C)OC(=O)N[C@H]1C(=O)N[C@H]1CONS(C)(=O)=O. The average Bonchev–Trinajstić information content (AvgIpc) is 2.21. The van der Waals surface area contributed by atoms with Gasteiger partial charge in [-0.1, -0.05) is 4.89 Å². The van der Waals surface area contributed by atoms with E-state index in [1.807, 2.05) is 4.89 Å². The Labute approximate surface area is 117 Å². The molecule has 0 aromatic heterocycles. The van der Waals surface area contributed by atoms with Crippen LogP contribution in [0.3, 0.4) is 0 Å². The first-order valence-corrected chi connectivity index (χ1v) is 7.75. The molecule has 20 heavy (non-hydrogen) atoms. The summed E-state index contributed by atoms with van der Waals surface area (Å²) >= 11 is 0. The number of carbonyl (C=O) groups excluding carboxylic acids is 2. The molecule has 10 heteroatoms. The first-order chi connectivity index (χ1) is 8.98. The van der Waals surface area contributed by atoms with Crippen LogP contribution < -0.4 is 15.5 Å². The molecule has 0 aliphatic carbocycles. The molecule has 1 saturated heterocycles. The van der Waals surface area contributed by atoms with Crippen LogP contribution in [0.1, 0.15) is 20.8 Å². The number of ether oxygens (including phenoxy) is 1. The Balaban J connectivity index is 2.40. The second-order valence-corrected chi connectivity index (χ2v) is 7.12. The lowest BCUT2D eigenvalue weighted by Crippen LogP contribution is -2.71. The minimum Gasteiger partial charge on any atom is -0.444 e. The normalized spacial score (nSPS) is 22.7. The van der Waals surface area contributed by atoms with Crippen LogP contribution in [0.25, 0.3) is 0 Å². The molecule has 1 rings (SSSR count). The third-order valence-electron chi connectivity index (χ3n) is 2.16. The van der Waals surface area contributed by atoms with Gasteiger partial charge < -0.3 is 15.4 Å². The number of alkyl carbamates (subject to hydrolysis) is 1. The van der Waals surface area contributed by atoms with Gasteiger partial charge in [0.15, 0.2) is 0 Å². The topological polar surface area (TPSA) is 123 Å². The first kappa shape index (κ1) is 16.7. The van der Waals surface area contributed by atoms with Gasteiger partial charge in [0.05, 0.1) is 18.9 Å². The number of hydrogen-bond acceptors (Lipinski definition) is 6. The molecule has 0 aromatic rings. The quantitative estimate of drug-likeness (QED) is 0.436. The predicted octanol–water partition coefficient (Wildman–Crippen LogP) is -1.14. The number of sulfonamides is 1. The van der Waals surface area contributed by atoms with Crippen molar-refractivity contribution in [2.45, 2.75) is 38.5 Å². The van der Waals surface area contributed by atoms with Gasteiger partial charge in [-0.05, 0) is 20.8 Å². The number of β-lactam (4-membered cyclic amide) rings is 1. The molecule has 1 heterocycles. The van der Waals surface area contributed by atoms with Crippen LogP contribution in [0.5, 0.6) is 0 Å². The third kappa shape index (κ3) is 5.72. The standard InChI is InChI=1S/C10H19N3O6S/c1-10(2,3)19-9(15)12-7-6(11-8(7)14)5-18-13-20(4,16)17/h6-7,13H,5H2,1-4H3,(H,11,14)(H,12,15)/t6-,7+/m0/s1. The maximum Gasteiger partial charge on any atom is 0.408 e. The average molecular weight is 309 g/mol. The number of carbonyl (C=O) groups is 2. The highest BCUT2D eigenvalue weighted by molar-refractivity contribution is 7.88. The summed E-state index contributed by atoms with van der Waals surface area (Å²) in [5.74, 6) is -0.385. The van der Waals surface area contributed by atoms with Crippen LogP contribution in [0.4, 0.5) is 4.79 Å². The van der Waals surface area contributed by atoms with E-state index in [0.29, 0.717) is 0 Å². The zero-order valence-electron chi connectivity index (χ0n) is 11.7. The van der Waals surface area contributed by atoms with Gasteiger partial charge in [-0.2, -0.15) is 0 Å². The van der Waals surface area contributed by atoms with Gasteiger partial charge in [-0.15, -0.1) is 0 Å². The van der Waals surface area contributed by atoms with Gasteiger partial charge >= 0.3 is 6.09 Å². The van der Waals surface area contributed by atoms with E-state index in [1.165, 1.54) is 0 Å². The van der Waals surface area contributed by atoms with Gasteiger partial charge in [-0.25, -0.2) is 13.2 Å². The molecule has 1 aliphatic heterocycles. The van der Waals surface area contributed by atoms with Gasteiger partial charge in [0, 0.05) is 0 Å². The Morgan fingerprint density at radius 2 is 2.00 bits per heavy atom. The molecule has 0 unspecified atom stereocenters. The minimum atomic E-state index is -3.48. The van der Waals surface area contributed by atoms with E-state index >= 15 is 0 Å².